The number of halogens is 1. The molecule has 0 radical (unpaired) electrons. The number of carbonyl (C=O) groups is 1. The molecule has 6 heteroatoms. The molecule has 0 aliphatic carbocycles. The van der Waals surface area contributed by atoms with Crippen LogP contribution in [-0.2, 0) is 11.2 Å². The molecule has 0 saturated carbocycles. The smallest absolute Gasteiger partial charge is 0.237 e. The van der Waals surface area contributed by atoms with E-state index in [4.69, 9.17) is 5.73 Å². The number of thiophene rings is 1. The summed E-state index contributed by atoms with van der Waals surface area (Å²) in [7, 11) is 0. The minimum absolute atomic E-state index is 0. The zero-order chi connectivity index (χ0) is 14.6. The van der Waals surface area contributed by atoms with E-state index in [2.05, 4.69) is 28.6 Å². The summed E-state index contributed by atoms with van der Waals surface area (Å²) < 4.78 is 0. The average Bonchev–Trinajstić information content (AvgIpc) is 3.08. The zero-order valence-electron chi connectivity index (χ0n) is 12.8. The van der Waals surface area contributed by atoms with E-state index >= 15 is 0 Å². The Morgan fingerprint density at radius 2 is 2.38 bits per heavy atom. The summed E-state index contributed by atoms with van der Waals surface area (Å²) in [6.45, 7) is 7.48. The Bertz CT molecular complexity index is 440. The normalized spacial score (nSPS) is 23.6. The Balaban J connectivity index is 0.00000220. The molecule has 1 aromatic heterocycles. The maximum Gasteiger partial charge on any atom is 0.237 e. The zero-order valence-corrected chi connectivity index (χ0v) is 14.4. The quantitative estimate of drug-likeness (QED) is 0.837. The van der Waals surface area contributed by atoms with Crippen molar-refractivity contribution in [3.8, 4) is 0 Å². The largest absolute Gasteiger partial charge is 0.354 e. The molecular formula is C15H26ClN3OS. The number of hydrogen-bond donors (Lipinski definition) is 2. The fourth-order valence-corrected chi connectivity index (χ4v) is 3.35. The molecule has 1 aliphatic rings. The monoisotopic (exact) mass is 331 g/mol. The molecule has 21 heavy (non-hydrogen) atoms. The highest BCUT2D eigenvalue weighted by atomic mass is 35.5. The second kappa shape index (κ2) is 8.13. The van der Waals surface area contributed by atoms with E-state index in [1.165, 1.54) is 4.88 Å². The van der Waals surface area contributed by atoms with Gasteiger partial charge in [0.2, 0.25) is 5.91 Å². The van der Waals surface area contributed by atoms with Crippen molar-refractivity contribution >= 4 is 29.7 Å². The molecule has 1 aliphatic heterocycles. The van der Waals surface area contributed by atoms with Crippen LogP contribution < -0.4 is 11.1 Å². The van der Waals surface area contributed by atoms with E-state index in [9.17, 15) is 4.79 Å². The summed E-state index contributed by atoms with van der Waals surface area (Å²) in [6.07, 6.45) is 1.99. The highest BCUT2D eigenvalue weighted by Crippen LogP contribution is 2.29. The fourth-order valence-electron chi connectivity index (χ4n) is 2.64. The lowest BCUT2D eigenvalue weighted by Gasteiger charge is -2.26. The van der Waals surface area contributed by atoms with Gasteiger partial charge in [0.25, 0.3) is 0 Å². The van der Waals surface area contributed by atoms with Gasteiger partial charge in [-0.15, -0.1) is 23.7 Å². The summed E-state index contributed by atoms with van der Waals surface area (Å²) in [5.41, 5.74) is 5.99. The topological polar surface area (TPSA) is 58.4 Å². The second-order valence-corrected chi connectivity index (χ2v) is 7.06. The minimum atomic E-state index is -0.0632. The van der Waals surface area contributed by atoms with E-state index < -0.39 is 0 Å². The summed E-state index contributed by atoms with van der Waals surface area (Å²) in [5, 5.41) is 5.10. The van der Waals surface area contributed by atoms with Crippen molar-refractivity contribution in [2.45, 2.75) is 32.7 Å². The predicted molar refractivity (Wildman–Crippen MR) is 91.1 cm³/mol. The summed E-state index contributed by atoms with van der Waals surface area (Å²) >= 11 is 1.74. The first-order valence-corrected chi connectivity index (χ1v) is 8.16. The second-order valence-electron chi connectivity index (χ2n) is 6.03. The lowest BCUT2D eigenvalue weighted by atomic mass is 9.90. The molecule has 120 valence electrons. The molecule has 2 unspecified atom stereocenters. The van der Waals surface area contributed by atoms with Crippen molar-refractivity contribution in [3.05, 3.63) is 22.4 Å². The molecule has 4 nitrogen and oxygen atoms in total. The van der Waals surface area contributed by atoms with Crippen LogP contribution in [0.3, 0.4) is 0 Å². The predicted octanol–water partition coefficient (Wildman–Crippen LogP) is 1.89. The first-order chi connectivity index (χ1) is 9.54. The van der Waals surface area contributed by atoms with Crippen molar-refractivity contribution in [3.63, 3.8) is 0 Å². The van der Waals surface area contributed by atoms with E-state index in [1.54, 1.807) is 11.3 Å². The Morgan fingerprint density at radius 3 is 2.95 bits per heavy atom. The van der Waals surface area contributed by atoms with Gasteiger partial charge in [-0.2, -0.15) is 0 Å². The molecule has 1 fully saturated rings. The van der Waals surface area contributed by atoms with Gasteiger partial charge in [0.15, 0.2) is 0 Å². The number of likely N-dealkylation sites (tertiary alicyclic amines) is 1. The van der Waals surface area contributed by atoms with Gasteiger partial charge in [0.1, 0.15) is 0 Å². The maximum absolute atomic E-state index is 12.2. The van der Waals surface area contributed by atoms with Crippen LogP contribution in [-0.4, -0.2) is 43.0 Å². The Labute approximate surface area is 137 Å². The first kappa shape index (κ1) is 18.4. The van der Waals surface area contributed by atoms with Crippen LogP contribution >= 0.6 is 23.7 Å². The number of carbonyl (C=O) groups excluding carboxylic acids is 1. The van der Waals surface area contributed by atoms with Gasteiger partial charge in [0, 0.05) is 18.0 Å². The van der Waals surface area contributed by atoms with E-state index in [0.717, 1.165) is 25.9 Å². The van der Waals surface area contributed by atoms with E-state index in [-0.39, 0.29) is 29.8 Å². The van der Waals surface area contributed by atoms with Crippen molar-refractivity contribution < 1.29 is 4.79 Å². The highest BCUT2D eigenvalue weighted by Gasteiger charge is 2.36. The lowest BCUT2D eigenvalue weighted by Crippen LogP contribution is -2.45. The van der Waals surface area contributed by atoms with E-state index in [1.807, 2.05) is 13.0 Å². The van der Waals surface area contributed by atoms with Crippen LogP contribution in [0, 0.1) is 5.41 Å². The van der Waals surface area contributed by atoms with Crippen LogP contribution in [0.25, 0.3) is 0 Å². The molecule has 2 rings (SSSR count). The third-order valence-electron chi connectivity index (χ3n) is 4.26. The molecule has 0 spiro atoms. The van der Waals surface area contributed by atoms with Gasteiger partial charge in [-0.1, -0.05) is 13.0 Å². The number of amides is 1. The van der Waals surface area contributed by atoms with Crippen LogP contribution in [0.5, 0.6) is 0 Å². The summed E-state index contributed by atoms with van der Waals surface area (Å²) in [5.74, 6) is 0.128. The van der Waals surface area contributed by atoms with Crippen molar-refractivity contribution in [2.24, 2.45) is 11.1 Å². The van der Waals surface area contributed by atoms with Gasteiger partial charge >= 0.3 is 0 Å². The third kappa shape index (κ3) is 4.95. The number of nitrogens with zero attached hydrogens (tertiary/aromatic N) is 1. The molecular weight excluding hydrogens is 306 g/mol. The number of nitrogens with two attached hydrogens (primary N) is 1. The molecule has 1 saturated heterocycles. The molecule has 2 heterocycles. The molecule has 1 amide bonds. The number of hydrogen-bond acceptors (Lipinski definition) is 4. The van der Waals surface area contributed by atoms with Crippen LogP contribution in [0.15, 0.2) is 17.5 Å². The number of nitrogens with one attached hydrogen (secondary N) is 1. The van der Waals surface area contributed by atoms with Gasteiger partial charge in [-0.05, 0) is 49.7 Å². The van der Waals surface area contributed by atoms with Gasteiger partial charge in [-0.25, -0.2) is 0 Å². The Morgan fingerprint density at radius 1 is 1.62 bits per heavy atom. The van der Waals surface area contributed by atoms with Gasteiger partial charge in [-0.3, -0.25) is 9.69 Å². The SMILES string of the molecule is CC(C(=O)NCCc1cccs1)N1CCC(C)(CN)C1.Cl. The fraction of sp³-hybridized carbons (Fsp3) is 0.667. The average molecular weight is 332 g/mol. The maximum atomic E-state index is 12.2. The van der Waals surface area contributed by atoms with Crippen LogP contribution in [0.4, 0.5) is 0 Å². The lowest BCUT2D eigenvalue weighted by molar-refractivity contribution is -0.125. The van der Waals surface area contributed by atoms with Crippen molar-refractivity contribution in [2.75, 3.05) is 26.2 Å². The number of rotatable bonds is 6. The summed E-state index contributed by atoms with van der Waals surface area (Å²) in [4.78, 5) is 15.7. The van der Waals surface area contributed by atoms with Crippen LogP contribution in [0.2, 0.25) is 0 Å². The van der Waals surface area contributed by atoms with Gasteiger partial charge < -0.3 is 11.1 Å². The summed E-state index contributed by atoms with van der Waals surface area (Å²) in [6, 6.07) is 4.09. The van der Waals surface area contributed by atoms with Crippen LogP contribution in [0.1, 0.15) is 25.1 Å². The first-order valence-electron chi connectivity index (χ1n) is 7.28. The van der Waals surface area contributed by atoms with Crippen molar-refractivity contribution in [1.29, 1.82) is 0 Å². The van der Waals surface area contributed by atoms with Crippen molar-refractivity contribution in [1.82, 2.24) is 10.2 Å². The standard InChI is InChI=1S/C15H25N3OS.ClH/c1-12(18-8-6-15(2,10-16)11-18)14(19)17-7-5-13-4-3-9-20-13;/h3-4,9,12H,5-8,10-11,16H2,1-2H3,(H,17,19);1H. The minimum Gasteiger partial charge on any atom is -0.354 e. The Hall–Kier alpha value is -0.620. The molecule has 0 bridgehead atoms. The van der Waals surface area contributed by atoms with E-state index in [0.29, 0.717) is 13.1 Å². The molecule has 1 aromatic rings. The molecule has 2 atom stereocenters. The Kier molecular flexibility index (Phi) is 7.13. The molecule has 0 aromatic carbocycles. The van der Waals surface area contributed by atoms with Gasteiger partial charge in [0.05, 0.1) is 6.04 Å². The third-order valence-corrected chi connectivity index (χ3v) is 5.19. The highest BCUT2D eigenvalue weighted by molar-refractivity contribution is 7.09. The molecule has 3 N–H and O–H groups in total.